The number of allylic oxidation sites excluding steroid dienone is 4. The molecule has 3 heteroatoms. The SMILES string of the molecule is C/C=C/C=C(\N=C(N)Cl)C1CC1. The summed E-state index contributed by atoms with van der Waals surface area (Å²) in [5.74, 6) is 0.582. The first kappa shape index (κ1) is 9.33. The van der Waals surface area contributed by atoms with Gasteiger partial charge in [0, 0.05) is 11.6 Å². The van der Waals surface area contributed by atoms with Crippen molar-refractivity contribution in [1.82, 2.24) is 0 Å². The number of amidine groups is 1. The molecule has 1 aliphatic rings. The number of nitrogens with two attached hydrogens (primary N) is 1. The van der Waals surface area contributed by atoms with E-state index >= 15 is 0 Å². The second kappa shape index (κ2) is 4.31. The van der Waals surface area contributed by atoms with Crippen molar-refractivity contribution < 1.29 is 0 Å². The van der Waals surface area contributed by atoms with E-state index in [-0.39, 0.29) is 5.29 Å². The Labute approximate surface area is 77.8 Å². The summed E-state index contributed by atoms with van der Waals surface area (Å²) in [6.07, 6.45) is 8.29. The lowest BCUT2D eigenvalue weighted by Gasteiger charge is -1.95. The van der Waals surface area contributed by atoms with E-state index in [4.69, 9.17) is 17.3 Å². The van der Waals surface area contributed by atoms with E-state index in [9.17, 15) is 0 Å². The molecule has 0 unspecified atom stereocenters. The minimum Gasteiger partial charge on any atom is -0.374 e. The third kappa shape index (κ3) is 3.09. The van der Waals surface area contributed by atoms with Crippen LogP contribution >= 0.6 is 11.6 Å². The van der Waals surface area contributed by atoms with E-state index in [2.05, 4.69) is 4.99 Å². The molecule has 0 aromatic carbocycles. The van der Waals surface area contributed by atoms with Crippen molar-refractivity contribution in [3.63, 3.8) is 0 Å². The van der Waals surface area contributed by atoms with E-state index in [1.54, 1.807) is 0 Å². The predicted octanol–water partition coefficient (Wildman–Crippen LogP) is 2.41. The number of rotatable bonds is 3. The first-order chi connectivity index (χ1) is 5.74. The highest BCUT2D eigenvalue weighted by Crippen LogP contribution is 2.37. The Morgan fingerprint density at radius 2 is 2.25 bits per heavy atom. The molecule has 0 aromatic rings. The molecule has 0 spiro atoms. The standard InChI is InChI=1S/C9H13ClN2/c1-2-3-4-8(7-5-6-7)12-9(10)11/h2-4,7H,5-6H2,1H3,(H2,11,12)/b3-2+,8-4-. The fourth-order valence-corrected chi connectivity index (χ4v) is 1.06. The summed E-state index contributed by atoms with van der Waals surface area (Å²) < 4.78 is 0. The molecule has 0 amide bonds. The Hall–Kier alpha value is -0.760. The maximum absolute atomic E-state index is 5.49. The Bertz CT molecular complexity index is 233. The molecule has 0 bridgehead atoms. The molecule has 0 heterocycles. The van der Waals surface area contributed by atoms with Crippen molar-refractivity contribution in [2.75, 3.05) is 0 Å². The normalized spacial score (nSPS) is 20.5. The zero-order valence-corrected chi connectivity index (χ0v) is 7.88. The molecular weight excluding hydrogens is 172 g/mol. The van der Waals surface area contributed by atoms with Crippen LogP contribution in [0.3, 0.4) is 0 Å². The average molecular weight is 185 g/mol. The first-order valence-electron chi connectivity index (χ1n) is 4.06. The molecule has 1 saturated carbocycles. The van der Waals surface area contributed by atoms with Crippen LogP contribution in [0.15, 0.2) is 28.9 Å². The van der Waals surface area contributed by atoms with E-state index in [0.717, 1.165) is 5.70 Å². The second-order valence-corrected chi connectivity index (χ2v) is 3.21. The van der Waals surface area contributed by atoms with Gasteiger partial charge in [-0.05, 0) is 37.4 Å². The summed E-state index contributed by atoms with van der Waals surface area (Å²) in [4.78, 5) is 4.05. The molecule has 0 aromatic heterocycles. The van der Waals surface area contributed by atoms with Gasteiger partial charge in [-0.25, -0.2) is 4.99 Å². The highest BCUT2D eigenvalue weighted by molar-refractivity contribution is 6.64. The lowest BCUT2D eigenvalue weighted by Crippen LogP contribution is -2.02. The van der Waals surface area contributed by atoms with Crippen molar-refractivity contribution >= 4 is 16.9 Å². The Kier molecular flexibility index (Phi) is 3.35. The quantitative estimate of drug-likeness (QED) is 0.311. The lowest BCUT2D eigenvalue weighted by atomic mass is 10.3. The van der Waals surface area contributed by atoms with Crippen LogP contribution in [-0.2, 0) is 0 Å². The third-order valence-electron chi connectivity index (χ3n) is 1.69. The number of hydrogen-bond donors (Lipinski definition) is 1. The minimum absolute atomic E-state index is 0.123. The van der Waals surface area contributed by atoms with Crippen LogP contribution < -0.4 is 5.73 Å². The van der Waals surface area contributed by atoms with Crippen molar-refractivity contribution in [1.29, 1.82) is 0 Å². The molecule has 0 radical (unpaired) electrons. The summed E-state index contributed by atoms with van der Waals surface area (Å²) in [5, 5.41) is 0.123. The van der Waals surface area contributed by atoms with Crippen LogP contribution in [0.5, 0.6) is 0 Å². The van der Waals surface area contributed by atoms with Crippen molar-refractivity contribution in [3.8, 4) is 0 Å². The number of aliphatic imine (C=N–C) groups is 1. The summed E-state index contributed by atoms with van der Waals surface area (Å²) in [7, 11) is 0. The van der Waals surface area contributed by atoms with Gasteiger partial charge in [-0.2, -0.15) is 0 Å². The van der Waals surface area contributed by atoms with Crippen LogP contribution in [0.25, 0.3) is 0 Å². The van der Waals surface area contributed by atoms with E-state index < -0.39 is 0 Å². The average Bonchev–Trinajstić information content (AvgIpc) is 2.79. The van der Waals surface area contributed by atoms with E-state index in [1.165, 1.54) is 12.8 Å². The summed E-state index contributed by atoms with van der Waals surface area (Å²) >= 11 is 5.49. The monoisotopic (exact) mass is 184 g/mol. The molecule has 0 aliphatic heterocycles. The van der Waals surface area contributed by atoms with Gasteiger partial charge >= 0.3 is 0 Å². The van der Waals surface area contributed by atoms with Crippen molar-refractivity contribution in [2.45, 2.75) is 19.8 Å². The van der Waals surface area contributed by atoms with Crippen LogP contribution in [0.2, 0.25) is 0 Å². The summed E-state index contributed by atoms with van der Waals surface area (Å²) in [5.41, 5.74) is 6.28. The van der Waals surface area contributed by atoms with Gasteiger partial charge in [0.2, 0.25) is 0 Å². The van der Waals surface area contributed by atoms with Gasteiger partial charge in [-0.3, -0.25) is 0 Å². The van der Waals surface area contributed by atoms with Crippen LogP contribution in [0.1, 0.15) is 19.8 Å². The highest BCUT2D eigenvalue weighted by Gasteiger charge is 2.25. The van der Waals surface area contributed by atoms with Gasteiger partial charge in [-0.1, -0.05) is 12.2 Å². The Balaban J connectivity index is 2.66. The van der Waals surface area contributed by atoms with Gasteiger partial charge in [0.1, 0.15) is 0 Å². The number of hydrogen-bond acceptors (Lipinski definition) is 1. The molecule has 66 valence electrons. The zero-order valence-electron chi connectivity index (χ0n) is 7.13. The molecular formula is C9H13ClN2. The minimum atomic E-state index is 0.123. The molecule has 0 saturated heterocycles. The molecule has 12 heavy (non-hydrogen) atoms. The second-order valence-electron chi connectivity index (χ2n) is 2.83. The first-order valence-corrected chi connectivity index (χ1v) is 4.44. The molecule has 1 fully saturated rings. The van der Waals surface area contributed by atoms with Crippen LogP contribution in [0, 0.1) is 5.92 Å². The highest BCUT2D eigenvalue weighted by atomic mass is 35.5. The van der Waals surface area contributed by atoms with Crippen molar-refractivity contribution in [3.05, 3.63) is 23.9 Å². The van der Waals surface area contributed by atoms with Gasteiger partial charge < -0.3 is 5.73 Å². The molecule has 0 atom stereocenters. The predicted molar refractivity (Wildman–Crippen MR) is 53.1 cm³/mol. The maximum atomic E-state index is 5.49. The fraction of sp³-hybridized carbons (Fsp3) is 0.444. The lowest BCUT2D eigenvalue weighted by molar-refractivity contribution is 0.981. The zero-order chi connectivity index (χ0) is 8.97. The molecule has 2 nitrogen and oxygen atoms in total. The maximum Gasteiger partial charge on any atom is 0.193 e. The van der Waals surface area contributed by atoms with Gasteiger partial charge in [0.05, 0.1) is 0 Å². The van der Waals surface area contributed by atoms with Crippen LogP contribution in [-0.4, -0.2) is 5.29 Å². The van der Waals surface area contributed by atoms with Crippen LogP contribution in [0.4, 0.5) is 0 Å². The topological polar surface area (TPSA) is 38.4 Å². The van der Waals surface area contributed by atoms with Crippen molar-refractivity contribution in [2.24, 2.45) is 16.6 Å². The fourth-order valence-electron chi connectivity index (χ4n) is 0.962. The third-order valence-corrected chi connectivity index (χ3v) is 1.78. The van der Waals surface area contributed by atoms with E-state index in [0.29, 0.717) is 5.92 Å². The number of halogens is 1. The van der Waals surface area contributed by atoms with Gasteiger partial charge in [0.25, 0.3) is 0 Å². The summed E-state index contributed by atoms with van der Waals surface area (Å²) in [6, 6.07) is 0. The van der Waals surface area contributed by atoms with Gasteiger partial charge in [0.15, 0.2) is 5.29 Å². The van der Waals surface area contributed by atoms with E-state index in [1.807, 2.05) is 25.2 Å². The molecule has 1 aliphatic carbocycles. The number of nitrogens with zero attached hydrogens (tertiary/aromatic N) is 1. The largest absolute Gasteiger partial charge is 0.374 e. The molecule has 1 rings (SSSR count). The summed E-state index contributed by atoms with van der Waals surface area (Å²) in [6.45, 7) is 1.97. The smallest absolute Gasteiger partial charge is 0.193 e. The van der Waals surface area contributed by atoms with Gasteiger partial charge in [-0.15, -0.1) is 0 Å². The molecule has 2 N–H and O–H groups in total. The Morgan fingerprint density at radius 3 is 2.67 bits per heavy atom. The Morgan fingerprint density at radius 1 is 1.58 bits per heavy atom.